The third-order valence-corrected chi connectivity index (χ3v) is 3.36. The minimum absolute atomic E-state index is 0.209. The van der Waals surface area contributed by atoms with Crippen LogP contribution in [0.25, 0.3) is 0 Å². The summed E-state index contributed by atoms with van der Waals surface area (Å²) in [5.41, 5.74) is 0. The van der Waals surface area contributed by atoms with E-state index in [9.17, 15) is 21.8 Å². The van der Waals surface area contributed by atoms with Crippen LogP contribution < -0.4 is 0 Å². The van der Waals surface area contributed by atoms with Gasteiger partial charge in [-0.15, -0.1) is 0 Å². The first-order valence-corrected chi connectivity index (χ1v) is 5.11. The van der Waals surface area contributed by atoms with Crippen LogP contribution in [0.2, 0.25) is 0 Å². The first-order chi connectivity index (χ1) is 5.31. The average molecular weight is 199 g/mol. The minimum Gasteiger partial charge on any atom is -0.207 e. The normalized spacial score (nSPS) is 25.6. The molecular formula is C6H9F2O3S. The van der Waals surface area contributed by atoms with Crippen molar-refractivity contribution in [2.45, 2.75) is 36.9 Å². The molecule has 0 aromatic heterocycles. The second kappa shape index (κ2) is 2.92. The van der Waals surface area contributed by atoms with Crippen molar-refractivity contribution in [3.63, 3.8) is 0 Å². The highest BCUT2D eigenvalue weighted by molar-refractivity contribution is 7.86. The number of hydrogen-bond donors (Lipinski definition) is 0. The van der Waals surface area contributed by atoms with Crippen LogP contribution in [-0.2, 0) is 14.7 Å². The summed E-state index contributed by atoms with van der Waals surface area (Å²) in [4.78, 5) is 0. The third kappa shape index (κ3) is 2.38. The Bertz CT molecular complexity index is 250. The van der Waals surface area contributed by atoms with Crippen molar-refractivity contribution in [1.29, 1.82) is 0 Å². The SMILES string of the molecule is [O]S(=O)(=O)C1CCC(F)(F)CC1. The highest BCUT2D eigenvalue weighted by Crippen LogP contribution is 2.35. The van der Waals surface area contributed by atoms with Gasteiger partial charge in [-0.2, -0.15) is 8.42 Å². The molecule has 1 saturated carbocycles. The van der Waals surface area contributed by atoms with Gasteiger partial charge >= 0.3 is 0 Å². The first kappa shape index (κ1) is 9.85. The fraction of sp³-hybridized carbons (Fsp3) is 1.00. The van der Waals surface area contributed by atoms with Crippen LogP contribution in [0.5, 0.6) is 0 Å². The molecule has 1 radical (unpaired) electrons. The maximum atomic E-state index is 12.5. The molecule has 0 amide bonds. The summed E-state index contributed by atoms with van der Waals surface area (Å²) < 4.78 is 56.1. The van der Waals surface area contributed by atoms with Gasteiger partial charge in [-0.1, -0.05) is 4.55 Å². The molecular weight excluding hydrogens is 190 g/mol. The van der Waals surface area contributed by atoms with E-state index in [4.69, 9.17) is 0 Å². The van der Waals surface area contributed by atoms with E-state index in [2.05, 4.69) is 0 Å². The highest BCUT2D eigenvalue weighted by atomic mass is 32.2. The minimum atomic E-state index is -4.36. The van der Waals surface area contributed by atoms with Crippen LogP contribution in [0.15, 0.2) is 0 Å². The van der Waals surface area contributed by atoms with Crippen LogP contribution in [-0.4, -0.2) is 19.6 Å². The van der Waals surface area contributed by atoms with Crippen LogP contribution in [0.1, 0.15) is 25.7 Å². The largest absolute Gasteiger partial charge is 0.297 e. The van der Waals surface area contributed by atoms with Crippen molar-refractivity contribution < 1.29 is 21.8 Å². The first-order valence-electron chi connectivity index (χ1n) is 3.64. The Morgan fingerprint density at radius 3 is 1.92 bits per heavy atom. The lowest BCUT2D eigenvalue weighted by Gasteiger charge is -2.25. The number of rotatable bonds is 1. The van der Waals surface area contributed by atoms with E-state index >= 15 is 0 Å². The van der Waals surface area contributed by atoms with Crippen LogP contribution >= 0.6 is 0 Å². The van der Waals surface area contributed by atoms with Crippen molar-refractivity contribution in [2.75, 3.05) is 0 Å². The van der Waals surface area contributed by atoms with Gasteiger partial charge in [0, 0.05) is 12.8 Å². The van der Waals surface area contributed by atoms with Gasteiger partial charge in [0.05, 0.1) is 5.25 Å². The molecule has 0 spiro atoms. The molecule has 1 fully saturated rings. The quantitative estimate of drug-likeness (QED) is 0.639. The van der Waals surface area contributed by atoms with E-state index in [1.54, 1.807) is 0 Å². The number of hydrogen-bond acceptors (Lipinski definition) is 2. The van der Waals surface area contributed by atoms with E-state index in [0.717, 1.165) is 0 Å². The second-order valence-electron chi connectivity index (χ2n) is 3.05. The van der Waals surface area contributed by atoms with Gasteiger partial charge in [0.25, 0.3) is 10.1 Å². The molecule has 1 aliphatic rings. The molecule has 6 heteroatoms. The summed E-state index contributed by atoms with van der Waals surface area (Å²) in [6, 6.07) is 0. The summed E-state index contributed by atoms with van der Waals surface area (Å²) in [5, 5.41) is -1.10. The molecule has 0 atom stereocenters. The van der Waals surface area contributed by atoms with Crippen molar-refractivity contribution in [3.05, 3.63) is 0 Å². The zero-order valence-corrected chi connectivity index (χ0v) is 7.11. The van der Waals surface area contributed by atoms with Gasteiger partial charge in [0.1, 0.15) is 0 Å². The zero-order chi connectivity index (χ0) is 9.41. The van der Waals surface area contributed by atoms with Crippen LogP contribution in [0.4, 0.5) is 8.78 Å². The molecule has 1 rings (SSSR count). The molecule has 3 nitrogen and oxygen atoms in total. The predicted octanol–water partition coefficient (Wildman–Crippen LogP) is 1.32. The van der Waals surface area contributed by atoms with Gasteiger partial charge in [-0.05, 0) is 12.8 Å². The zero-order valence-electron chi connectivity index (χ0n) is 6.29. The average Bonchev–Trinajstić information content (AvgIpc) is 1.83. The fourth-order valence-electron chi connectivity index (χ4n) is 1.30. The van der Waals surface area contributed by atoms with Crippen molar-refractivity contribution >= 4 is 10.1 Å². The van der Waals surface area contributed by atoms with E-state index < -0.39 is 34.1 Å². The lowest BCUT2D eigenvalue weighted by Crippen LogP contribution is -2.31. The highest BCUT2D eigenvalue weighted by Gasteiger charge is 2.39. The molecule has 12 heavy (non-hydrogen) atoms. The summed E-state index contributed by atoms with van der Waals surface area (Å²) in [7, 11) is -4.36. The Kier molecular flexibility index (Phi) is 2.40. The number of alkyl halides is 2. The Hall–Kier alpha value is -0.230. The standard InChI is InChI=1S/C6H9F2O3S/c7-6(8)3-1-5(2-4-6)12(9,10)11/h5H,1-4H2. The Balaban J connectivity index is 2.59. The smallest absolute Gasteiger partial charge is 0.207 e. The van der Waals surface area contributed by atoms with Gasteiger partial charge < -0.3 is 0 Å². The Morgan fingerprint density at radius 1 is 1.17 bits per heavy atom. The molecule has 0 aromatic carbocycles. The molecule has 0 saturated heterocycles. The van der Waals surface area contributed by atoms with E-state index in [-0.39, 0.29) is 12.8 Å². The summed E-state index contributed by atoms with van der Waals surface area (Å²) in [5.74, 6) is -2.78. The maximum absolute atomic E-state index is 12.5. The van der Waals surface area contributed by atoms with E-state index in [0.29, 0.717) is 0 Å². The van der Waals surface area contributed by atoms with E-state index in [1.807, 2.05) is 0 Å². The summed E-state index contributed by atoms with van der Waals surface area (Å²) in [6.45, 7) is 0. The van der Waals surface area contributed by atoms with Crippen LogP contribution in [0, 0.1) is 0 Å². The Morgan fingerprint density at radius 2 is 1.58 bits per heavy atom. The molecule has 0 N–H and O–H groups in total. The topological polar surface area (TPSA) is 54.0 Å². The summed E-state index contributed by atoms with van der Waals surface area (Å²) >= 11 is 0. The third-order valence-electron chi connectivity index (χ3n) is 2.07. The van der Waals surface area contributed by atoms with Gasteiger partial charge in [-0.25, -0.2) is 8.78 Å². The van der Waals surface area contributed by atoms with E-state index in [1.165, 1.54) is 0 Å². The van der Waals surface area contributed by atoms with Crippen LogP contribution in [0.3, 0.4) is 0 Å². The molecule has 0 unspecified atom stereocenters. The lowest BCUT2D eigenvalue weighted by atomic mass is 9.96. The second-order valence-corrected chi connectivity index (χ2v) is 4.70. The molecule has 1 aliphatic carbocycles. The predicted molar refractivity (Wildman–Crippen MR) is 36.8 cm³/mol. The van der Waals surface area contributed by atoms with Crippen molar-refractivity contribution in [1.82, 2.24) is 0 Å². The van der Waals surface area contributed by atoms with Gasteiger partial charge in [0.2, 0.25) is 5.92 Å². The number of halogens is 2. The lowest BCUT2D eigenvalue weighted by molar-refractivity contribution is -0.0333. The van der Waals surface area contributed by atoms with Crippen molar-refractivity contribution in [3.8, 4) is 0 Å². The van der Waals surface area contributed by atoms with Crippen molar-refractivity contribution in [2.24, 2.45) is 0 Å². The maximum Gasteiger partial charge on any atom is 0.297 e. The summed E-state index contributed by atoms with van der Waals surface area (Å²) in [6.07, 6.45) is -1.39. The molecule has 0 aliphatic heterocycles. The fourth-order valence-corrected chi connectivity index (χ4v) is 2.12. The molecule has 0 aromatic rings. The molecule has 71 valence electrons. The monoisotopic (exact) mass is 199 g/mol. The molecule has 0 bridgehead atoms. The Labute approximate surface area is 69.5 Å². The van der Waals surface area contributed by atoms with Gasteiger partial charge in [0.15, 0.2) is 0 Å². The van der Waals surface area contributed by atoms with Gasteiger partial charge in [-0.3, -0.25) is 0 Å². The molecule has 0 heterocycles.